The first kappa shape index (κ1) is 24.4. The zero-order valence-electron chi connectivity index (χ0n) is 17.0. The van der Waals surface area contributed by atoms with Crippen LogP contribution in [-0.2, 0) is 21.3 Å². The Morgan fingerprint density at radius 1 is 1.07 bits per heavy atom. The van der Waals surface area contributed by atoms with Crippen molar-refractivity contribution in [3.05, 3.63) is 33.8 Å². The zero-order chi connectivity index (χ0) is 21.5. The van der Waals surface area contributed by atoms with E-state index in [1.165, 1.54) is 0 Å². The first-order valence-corrected chi connectivity index (χ1v) is 10.6. The van der Waals surface area contributed by atoms with Crippen molar-refractivity contribution in [1.29, 1.82) is 0 Å². The number of benzene rings is 1. The molecule has 28 heavy (non-hydrogen) atoms. The van der Waals surface area contributed by atoms with Crippen molar-refractivity contribution >= 4 is 50.0 Å². The second kappa shape index (κ2) is 10.2. The van der Waals surface area contributed by atoms with Gasteiger partial charge in [-0.15, -0.1) is 4.99 Å². The number of ether oxygens (including phenoxy) is 2. The maximum absolute atomic E-state index is 12.1. The van der Waals surface area contributed by atoms with Gasteiger partial charge in [-0.1, -0.05) is 44.0 Å². The van der Waals surface area contributed by atoms with Gasteiger partial charge in [-0.3, -0.25) is 5.32 Å². The van der Waals surface area contributed by atoms with Gasteiger partial charge in [0.2, 0.25) is 5.96 Å². The molecule has 1 aromatic carbocycles. The van der Waals surface area contributed by atoms with Gasteiger partial charge in [-0.25, -0.2) is 9.59 Å². The molecule has 0 aliphatic heterocycles. The molecule has 2 N–H and O–H groups in total. The number of rotatable bonds is 3. The lowest BCUT2D eigenvalue weighted by molar-refractivity contribution is 0.0560. The number of nitrogens with one attached hydrogen (secondary N) is 2. The van der Waals surface area contributed by atoms with E-state index < -0.39 is 23.4 Å². The molecule has 9 heteroatoms. The lowest BCUT2D eigenvalue weighted by Crippen LogP contribution is -2.44. The van der Waals surface area contributed by atoms with E-state index in [1.807, 2.05) is 18.2 Å². The maximum Gasteiger partial charge on any atom is 0.437 e. The van der Waals surface area contributed by atoms with Crippen LogP contribution in [0.1, 0.15) is 52.7 Å². The smallest absolute Gasteiger partial charge is 0.437 e. The quantitative estimate of drug-likeness (QED) is 0.323. The molecule has 0 spiro atoms. The Kier molecular flexibility index (Phi) is 8.94. The predicted octanol–water partition coefficient (Wildman–Crippen LogP) is 5.25. The number of hydrogen-bond donors (Lipinski definition) is 2. The number of carbonyl (C=O) groups excluding carboxylic acids is 2. The van der Waals surface area contributed by atoms with Crippen LogP contribution < -0.4 is 10.6 Å². The highest BCUT2D eigenvalue weighted by molar-refractivity contribution is 9.10. The summed E-state index contributed by atoms with van der Waals surface area (Å²) in [5.41, 5.74) is 0.656. The Balaban J connectivity index is 2.91. The Bertz CT molecular complexity index is 738. The van der Waals surface area contributed by atoms with Gasteiger partial charge < -0.3 is 14.8 Å². The maximum atomic E-state index is 12.1. The highest BCUT2D eigenvalue weighted by atomic mass is 79.9. The van der Waals surface area contributed by atoms with Crippen LogP contribution in [0.2, 0.25) is 0 Å². The molecule has 156 valence electrons. The second-order valence-electron chi connectivity index (χ2n) is 7.98. The Hall–Kier alpha value is -1.61. The molecule has 0 aliphatic rings. The molecule has 0 fully saturated rings. The summed E-state index contributed by atoms with van der Waals surface area (Å²) in [6.07, 6.45) is -1.54. The number of carbonyl (C=O) groups is 2. The first-order chi connectivity index (χ1) is 12.8. The van der Waals surface area contributed by atoms with Crippen LogP contribution in [0.3, 0.4) is 0 Å². The number of alkyl halides is 1. The molecule has 0 saturated carbocycles. The molecule has 7 nitrogen and oxygen atoms in total. The third-order valence-corrected chi connectivity index (χ3v) is 4.28. The van der Waals surface area contributed by atoms with Gasteiger partial charge in [0.05, 0.1) is 0 Å². The predicted molar refractivity (Wildman–Crippen MR) is 117 cm³/mol. The molecule has 0 bridgehead atoms. The van der Waals surface area contributed by atoms with Crippen LogP contribution >= 0.6 is 31.9 Å². The van der Waals surface area contributed by atoms with Crippen LogP contribution in [0.25, 0.3) is 0 Å². The minimum absolute atomic E-state index is 0.0517. The third-order valence-electron chi connectivity index (χ3n) is 2.94. The van der Waals surface area contributed by atoms with E-state index in [2.05, 4.69) is 47.5 Å². The van der Waals surface area contributed by atoms with Crippen molar-refractivity contribution in [2.75, 3.05) is 0 Å². The molecule has 0 aliphatic carbocycles. The largest absolute Gasteiger partial charge is 0.444 e. The number of aliphatic imine (C=N–C) groups is 1. The van der Waals surface area contributed by atoms with E-state index in [1.54, 1.807) is 41.5 Å². The minimum Gasteiger partial charge on any atom is -0.444 e. The molecule has 0 aromatic heterocycles. The minimum atomic E-state index is -0.818. The van der Waals surface area contributed by atoms with Crippen LogP contribution in [-0.4, -0.2) is 29.3 Å². The van der Waals surface area contributed by atoms with Crippen molar-refractivity contribution in [3.63, 3.8) is 0 Å². The molecule has 1 rings (SSSR count). The SMILES string of the molecule is CC(C)(C)OC(=O)/N=C(\NCc1ccc(CBr)c(Br)c1)NC(=O)OC(C)(C)C. The van der Waals surface area contributed by atoms with Gasteiger partial charge in [-0.2, -0.15) is 0 Å². The molecular formula is C19H27Br2N3O4. The van der Waals surface area contributed by atoms with E-state index in [9.17, 15) is 9.59 Å². The summed E-state index contributed by atoms with van der Waals surface area (Å²) in [6.45, 7) is 10.8. The summed E-state index contributed by atoms with van der Waals surface area (Å²) < 4.78 is 11.4. The normalized spacial score (nSPS) is 12.4. The molecule has 0 atom stereocenters. The average molecular weight is 521 g/mol. The molecule has 1 aromatic rings. The van der Waals surface area contributed by atoms with Crippen LogP contribution in [0.5, 0.6) is 0 Å². The van der Waals surface area contributed by atoms with E-state index in [-0.39, 0.29) is 5.96 Å². The molecule has 0 heterocycles. The van der Waals surface area contributed by atoms with Gasteiger partial charge in [0.25, 0.3) is 0 Å². The fraction of sp³-hybridized carbons (Fsp3) is 0.526. The summed E-state index contributed by atoms with van der Waals surface area (Å²) in [5.74, 6) is -0.0517. The Morgan fingerprint density at radius 3 is 2.18 bits per heavy atom. The first-order valence-electron chi connectivity index (χ1n) is 8.68. The molecule has 0 radical (unpaired) electrons. The number of hydrogen-bond acceptors (Lipinski definition) is 4. The Labute approximate surface area is 182 Å². The summed E-state index contributed by atoms with van der Waals surface area (Å²) in [7, 11) is 0. The van der Waals surface area contributed by atoms with E-state index in [0.717, 1.165) is 20.9 Å². The van der Waals surface area contributed by atoms with Gasteiger partial charge >= 0.3 is 12.2 Å². The summed E-state index contributed by atoms with van der Waals surface area (Å²) in [6, 6.07) is 5.86. The van der Waals surface area contributed by atoms with E-state index >= 15 is 0 Å². The third kappa shape index (κ3) is 10.1. The molecule has 2 amide bonds. The van der Waals surface area contributed by atoms with Gasteiger partial charge in [0.1, 0.15) is 11.2 Å². The number of halogens is 2. The lowest BCUT2D eigenvalue weighted by atomic mass is 10.1. The summed E-state index contributed by atoms with van der Waals surface area (Å²) in [5, 5.41) is 6.12. The van der Waals surface area contributed by atoms with Gasteiger partial charge in [0.15, 0.2) is 0 Å². The molecule has 0 saturated heterocycles. The van der Waals surface area contributed by atoms with E-state index in [0.29, 0.717) is 6.54 Å². The number of guanidine groups is 1. The van der Waals surface area contributed by atoms with Crippen LogP contribution in [0.15, 0.2) is 27.7 Å². The standard InChI is InChI=1S/C19H27Br2N3O4/c1-18(2,3)27-16(25)23-15(24-17(26)28-19(4,5)6)22-11-12-7-8-13(10-20)14(21)9-12/h7-9H,10-11H2,1-6H3,(H2,22,23,24,25,26). The highest BCUT2D eigenvalue weighted by Gasteiger charge is 2.20. The second-order valence-corrected chi connectivity index (χ2v) is 9.40. The Morgan fingerprint density at radius 2 is 1.68 bits per heavy atom. The number of alkyl carbamates (subject to hydrolysis) is 1. The summed E-state index contributed by atoms with van der Waals surface area (Å²) in [4.78, 5) is 27.9. The van der Waals surface area contributed by atoms with Crippen molar-refractivity contribution in [3.8, 4) is 0 Å². The highest BCUT2D eigenvalue weighted by Crippen LogP contribution is 2.21. The van der Waals surface area contributed by atoms with Gasteiger partial charge in [-0.05, 0) is 58.7 Å². The monoisotopic (exact) mass is 519 g/mol. The van der Waals surface area contributed by atoms with E-state index in [4.69, 9.17) is 9.47 Å². The average Bonchev–Trinajstić information content (AvgIpc) is 2.49. The van der Waals surface area contributed by atoms with Crippen LogP contribution in [0.4, 0.5) is 9.59 Å². The topological polar surface area (TPSA) is 89.0 Å². The van der Waals surface area contributed by atoms with Crippen molar-refractivity contribution in [2.24, 2.45) is 4.99 Å². The fourth-order valence-electron chi connectivity index (χ4n) is 1.88. The van der Waals surface area contributed by atoms with Gasteiger partial charge in [0, 0.05) is 16.3 Å². The number of nitrogens with zero attached hydrogens (tertiary/aromatic N) is 1. The lowest BCUT2D eigenvalue weighted by Gasteiger charge is -2.21. The van der Waals surface area contributed by atoms with Crippen molar-refractivity contribution < 1.29 is 19.1 Å². The fourth-order valence-corrected chi connectivity index (χ4v) is 3.31. The summed E-state index contributed by atoms with van der Waals surface area (Å²) >= 11 is 6.93. The zero-order valence-corrected chi connectivity index (χ0v) is 20.2. The van der Waals surface area contributed by atoms with Crippen LogP contribution in [0, 0.1) is 0 Å². The molecular weight excluding hydrogens is 494 g/mol. The molecule has 0 unspecified atom stereocenters. The van der Waals surface area contributed by atoms with Crippen molar-refractivity contribution in [2.45, 2.75) is 64.6 Å². The number of amides is 2. The van der Waals surface area contributed by atoms with Crippen molar-refractivity contribution in [1.82, 2.24) is 10.6 Å².